The van der Waals surface area contributed by atoms with Gasteiger partial charge in [-0.25, -0.2) is 12.8 Å². The monoisotopic (exact) mass is 705 g/mol. The molecule has 4 aromatic carbocycles. The number of anilines is 1. The van der Waals surface area contributed by atoms with Gasteiger partial charge < -0.3 is 10.2 Å². The van der Waals surface area contributed by atoms with Crippen molar-refractivity contribution in [3.63, 3.8) is 0 Å². The number of amides is 2. The molecular weight excluding hydrogens is 669 g/mol. The number of nitrogens with zero attached hydrogens (tertiary/aromatic N) is 2. The standard InChI is InChI=1S/C36H37BrFN3O4S/c37-29-16-12-19-31(24-29)41(46(44,45)32-20-8-3-9-21-32)26-35(42)40(25-28-15-10-11-22-33(28)38)34(23-27-13-4-1-5-14-27)36(43)39-30-17-6-2-7-18-30/h1,3-5,8-16,19-22,24,30,34H,2,6-7,17-18,23,25-26H2,(H,39,43)/t34-/m1/s1. The lowest BCUT2D eigenvalue weighted by Gasteiger charge is -2.35. The van der Waals surface area contributed by atoms with E-state index in [1.807, 2.05) is 30.3 Å². The maximum atomic E-state index is 15.1. The number of hydrogen-bond acceptors (Lipinski definition) is 4. The van der Waals surface area contributed by atoms with Crippen molar-refractivity contribution in [1.29, 1.82) is 0 Å². The van der Waals surface area contributed by atoms with Crippen molar-refractivity contribution in [3.05, 3.63) is 131 Å². The summed E-state index contributed by atoms with van der Waals surface area (Å²) in [4.78, 5) is 30.0. The minimum absolute atomic E-state index is 0.0132. The van der Waals surface area contributed by atoms with Crippen LogP contribution in [0.5, 0.6) is 0 Å². The minimum Gasteiger partial charge on any atom is -0.352 e. The molecular formula is C36H37BrFN3O4S. The summed E-state index contributed by atoms with van der Waals surface area (Å²) in [6.07, 6.45) is 4.98. The van der Waals surface area contributed by atoms with E-state index in [4.69, 9.17) is 0 Å². The van der Waals surface area contributed by atoms with Crippen molar-refractivity contribution in [2.24, 2.45) is 0 Å². The second kappa shape index (κ2) is 15.5. The van der Waals surface area contributed by atoms with Crippen LogP contribution in [0.25, 0.3) is 0 Å². The molecule has 0 unspecified atom stereocenters. The highest BCUT2D eigenvalue weighted by atomic mass is 79.9. The average Bonchev–Trinajstić information content (AvgIpc) is 3.07. The maximum absolute atomic E-state index is 15.1. The van der Waals surface area contributed by atoms with Gasteiger partial charge in [0.25, 0.3) is 10.0 Å². The Morgan fingerprint density at radius 3 is 2.17 bits per heavy atom. The molecule has 0 bridgehead atoms. The van der Waals surface area contributed by atoms with Crippen LogP contribution in [0.15, 0.2) is 119 Å². The summed E-state index contributed by atoms with van der Waals surface area (Å²) in [6, 6.07) is 28.9. The molecule has 0 heterocycles. The quantitative estimate of drug-likeness (QED) is 0.174. The van der Waals surface area contributed by atoms with Gasteiger partial charge in [0.1, 0.15) is 18.4 Å². The molecule has 0 aliphatic heterocycles. The van der Waals surface area contributed by atoms with Gasteiger partial charge in [-0.05, 0) is 54.8 Å². The van der Waals surface area contributed by atoms with Gasteiger partial charge in [-0.3, -0.25) is 13.9 Å². The van der Waals surface area contributed by atoms with Gasteiger partial charge in [-0.1, -0.05) is 108 Å². The topological polar surface area (TPSA) is 86.8 Å². The number of carbonyl (C=O) groups is 2. The third-order valence-electron chi connectivity index (χ3n) is 8.23. The summed E-state index contributed by atoms with van der Waals surface area (Å²) in [5.41, 5.74) is 1.31. The summed E-state index contributed by atoms with van der Waals surface area (Å²) in [7, 11) is -4.22. The molecule has 0 radical (unpaired) electrons. The fourth-order valence-corrected chi connectivity index (χ4v) is 7.60. The summed E-state index contributed by atoms with van der Waals surface area (Å²) in [6.45, 7) is -0.830. The molecule has 7 nitrogen and oxygen atoms in total. The zero-order valence-electron chi connectivity index (χ0n) is 25.4. The molecule has 2 amide bonds. The number of hydrogen-bond donors (Lipinski definition) is 1. The van der Waals surface area contributed by atoms with E-state index in [0.29, 0.717) is 4.47 Å². The summed E-state index contributed by atoms with van der Waals surface area (Å²) < 4.78 is 44.9. The van der Waals surface area contributed by atoms with Crippen LogP contribution in [-0.4, -0.2) is 43.8 Å². The van der Waals surface area contributed by atoms with Gasteiger partial charge in [0, 0.05) is 29.0 Å². The summed E-state index contributed by atoms with van der Waals surface area (Å²) in [5.74, 6) is -1.50. The molecule has 0 spiro atoms. The Hall–Kier alpha value is -4.02. The van der Waals surface area contributed by atoms with Crippen LogP contribution in [0.4, 0.5) is 10.1 Å². The van der Waals surface area contributed by atoms with E-state index in [1.54, 1.807) is 60.7 Å². The molecule has 240 valence electrons. The van der Waals surface area contributed by atoms with Crippen LogP contribution >= 0.6 is 15.9 Å². The van der Waals surface area contributed by atoms with Crippen LogP contribution < -0.4 is 9.62 Å². The van der Waals surface area contributed by atoms with E-state index in [0.717, 1.165) is 42.0 Å². The van der Waals surface area contributed by atoms with Gasteiger partial charge in [0.2, 0.25) is 11.8 Å². The van der Waals surface area contributed by atoms with Crippen molar-refractivity contribution in [1.82, 2.24) is 10.2 Å². The molecule has 1 atom stereocenters. The molecule has 1 aliphatic carbocycles. The first kappa shape index (κ1) is 33.3. The number of halogens is 2. The van der Waals surface area contributed by atoms with Crippen LogP contribution in [0.3, 0.4) is 0 Å². The van der Waals surface area contributed by atoms with E-state index in [9.17, 15) is 18.0 Å². The van der Waals surface area contributed by atoms with E-state index < -0.39 is 34.3 Å². The molecule has 0 aromatic heterocycles. The second-order valence-electron chi connectivity index (χ2n) is 11.5. The Labute approximate surface area is 278 Å². The third kappa shape index (κ3) is 8.41. The van der Waals surface area contributed by atoms with Crippen molar-refractivity contribution in [2.75, 3.05) is 10.8 Å². The van der Waals surface area contributed by atoms with E-state index >= 15 is 4.39 Å². The van der Waals surface area contributed by atoms with Crippen molar-refractivity contribution >= 4 is 43.5 Å². The lowest BCUT2D eigenvalue weighted by Crippen LogP contribution is -2.55. The Morgan fingerprint density at radius 1 is 0.848 bits per heavy atom. The van der Waals surface area contributed by atoms with Crippen LogP contribution in [-0.2, 0) is 32.6 Å². The van der Waals surface area contributed by atoms with E-state index in [-0.39, 0.29) is 41.1 Å². The second-order valence-corrected chi connectivity index (χ2v) is 14.2. The number of rotatable bonds is 12. The number of nitrogens with one attached hydrogen (secondary N) is 1. The highest BCUT2D eigenvalue weighted by Crippen LogP contribution is 2.28. The predicted molar refractivity (Wildman–Crippen MR) is 181 cm³/mol. The Morgan fingerprint density at radius 2 is 1.50 bits per heavy atom. The maximum Gasteiger partial charge on any atom is 0.264 e. The predicted octanol–water partition coefficient (Wildman–Crippen LogP) is 6.87. The largest absolute Gasteiger partial charge is 0.352 e. The first-order chi connectivity index (χ1) is 22.2. The highest BCUT2D eigenvalue weighted by Gasteiger charge is 2.35. The smallest absolute Gasteiger partial charge is 0.264 e. The molecule has 46 heavy (non-hydrogen) atoms. The fourth-order valence-electron chi connectivity index (χ4n) is 5.79. The van der Waals surface area contributed by atoms with Crippen molar-refractivity contribution < 1.29 is 22.4 Å². The molecule has 1 fully saturated rings. The van der Waals surface area contributed by atoms with Crippen molar-refractivity contribution in [3.8, 4) is 0 Å². The average molecular weight is 707 g/mol. The molecule has 4 aromatic rings. The van der Waals surface area contributed by atoms with Gasteiger partial charge in [0.15, 0.2) is 0 Å². The summed E-state index contributed by atoms with van der Waals surface area (Å²) >= 11 is 3.42. The third-order valence-corrected chi connectivity index (χ3v) is 10.5. The zero-order chi connectivity index (χ0) is 32.5. The lowest BCUT2D eigenvalue weighted by molar-refractivity contribution is -0.140. The molecule has 5 rings (SSSR count). The van der Waals surface area contributed by atoms with Gasteiger partial charge in [0.05, 0.1) is 10.6 Å². The van der Waals surface area contributed by atoms with E-state index in [1.165, 1.54) is 23.1 Å². The number of sulfonamides is 1. The molecule has 10 heteroatoms. The van der Waals surface area contributed by atoms with Gasteiger partial charge >= 0.3 is 0 Å². The molecule has 0 saturated heterocycles. The highest BCUT2D eigenvalue weighted by molar-refractivity contribution is 9.10. The minimum atomic E-state index is -4.22. The Bertz CT molecular complexity index is 1730. The van der Waals surface area contributed by atoms with Gasteiger partial charge in [-0.15, -0.1) is 0 Å². The number of carbonyl (C=O) groups excluding carboxylic acids is 2. The van der Waals surface area contributed by atoms with E-state index in [2.05, 4.69) is 21.2 Å². The zero-order valence-corrected chi connectivity index (χ0v) is 27.8. The molecule has 1 saturated carbocycles. The SMILES string of the molecule is O=C(NC1CCCCC1)[C@@H](Cc1ccccc1)N(Cc1ccccc1F)C(=O)CN(c1cccc(Br)c1)S(=O)(=O)c1ccccc1. The van der Waals surface area contributed by atoms with Gasteiger partial charge in [-0.2, -0.15) is 0 Å². The van der Waals surface area contributed by atoms with Crippen LogP contribution in [0.1, 0.15) is 43.2 Å². The Kier molecular flexibility index (Phi) is 11.2. The normalized spacial score (nSPS) is 14.3. The van der Waals surface area contributed by atoms with Crippen molar-refractivity contribution in [2.45, 2.75) is 62.0 Å². The van der Waals surface area contributed by atoms with Crippen LogP contribution in [0.2, 0.25) is 0 Å². The lowest BCUT2D eigenvalue weighted by atomic mass is 9.94. The number of benzene rings is 4. The first-order valence-corrected chi connectivity index (χ1v) is 17.7. The fraction of sp³-hybridized carbons (Fsp3) is 0.278. The molecule has 1 N–H and O–H groups in total. The Balaban J connectivity index is 1.56. The molecule has 1 aliphatic rings. The van der Waals surface area contributed by atoms with Crippen LogP contribution in [0, 0.1) is 5.82 Å². The first-order valence-electron chi connectivity index (χ1n) is 15.4. The summed E-state index contributed by atoms with van der Waals surface area (Å²) in [5, 5.41) is 3.16.